The number of aliphatic hydroxyl groups is 1. The van der Waals surface area contributed by atoms with Crippen LogP contribution in [-0.4, -0.2) is 150 Å². The molecule has 11 N–H and O–H groups in total. The first-order chi connectivity index (χ1) is 64.1. The Hall–Kier alpha value is -13.8. The van der Waals surface area contributed by atoms with Crippen LogP contribution in [0.15, 0.2) is 195 Å². The summed E-state index contributed by atoms with van der Waals surface area (Å²) in [5, 5.41) is 53.3. The zero-order chi connectivity index (χ0) is 98.9. The number of nitro groups is 3. The first-order valence-corrected chi connectivity index (χ1v) is 42.9. The Labute approximate surface area is 850 Å². The van der Waals surface area contributed by atoms with Crippen LogP contribution in [0.4, 0.5) is 44.0 Å². The third-order valence-electron chi connectivity index (χ3n) is 19.8. The molecule has 8 aromatic carbocycles. The van der Waals surface area contributed by atoms with Gasteiger partial charge in [-0.25, -0.2) is 49.5 Å². The minimum atomic E-state index is -1.06. The summed E-state index contributed by atoms with van der Waals surface area (Å²) in [6.45, 7) is 21.7. The molecule has 0 aliphatic heterocycles. The number of aryl methyl sites for hydroxylation is 6. The van der Waals surface area contributed by atoms with Gasteiger partial charge in [0.25, 0.3) is 17.1 Å². The number of nitro benzene ring substituents is 3. The van der Waals surface area contributed by atoms with Crippen LogP contribution in [-0.2, 0) is 31.3 Å². The van der Waals surface area contributed by atoms with E-state index in [0.29, 0.717) is 105 Å². The number of halogens is 6. The minimum Gasteiger partial charge on any atom is -0.537 e. The van der Waals surface area contributed by atoms with Gasteiger partial charge in [0, 0.05) is 89.0 Å². The Morgan fingerprint density at radius 1 is 0.424 bits per heavy atom. The molecule has 731 valence electrons. The number of nitrogens with zero attached hydrogens (tertiary/aromatic N) is 15. The number of aliphatic hydroxyl groups excluding tert-OH is 1. The Bertz CT molecular complexity index is 6920. The number of non-ortho nitro benzene ring substituents is 3. The minimum absolute atomic E-state index is 0. The summed E-state index contributed by atoms with van der Waals surface area (Å²) in [5.74, 6) is 4.12. The number of aromatic nitrogens is 12. The Morgan fingerprint density at radius 3 is 1.05 bits per heavy atom. The van der Waals surface area contributed by atoms with Gasteiger partial charge >= 0.3 is 20.0 Å². The molecule has 45 heteroatoms. The second-order valence-corrected chi connectivity index (χ2v) is 33.5. The average Bonchev–Trinajstić information content (AvgIpc) is 1.60. The number of methoxy groups -OCH3 is 4. The number of carbonyl (C=O) groups is 2. The Balaban J connectivity index is 0.000000259. The van der Waals surface area contributed by atoms with Crippen molar-refractivity contribution in [2.75, 3.05) is 52.7 Å². The van der Waals surface area contributed by atoms with Gasteiger partial charge in [0.05, 0.1) is 102 Å². The molecule has 0 amide bonds. The smallest absolute Gasteiger partial charge is 0.537 e. The van der Waals surface area contributed by atoms with Crippen LogP contribution in [0.1, 0.15) is 82.6 Å². The van der Waals surface area contributed by atoms with Gasteiger partial charge in [0.2, 0.25) is 0 Å². The van der Waals surface area contributed by atoms with Crippen molar-refractivity contribution in [2.24, 2.45) is 0 Å². The normalized spacial score (nSPS) is 10.5. The molecule has 16 rings (SSSR count). The maximum Gasteiger partial charge on any atom is 0.569 e. The molecule has 8 heterocycles. The van der Waals surface area contributed by atoms with Crippen LogP contribution in [0.3, 0.4) is 0 Å². The fourth-order valence-electron chi connectivity index (χ4n) is 13.7. The fourth-order valence-corrected chi connectivity index (χ4v) is 15.9. The Kier molecular flexibility index (Phi) is 41.0. The zero-order valence-electron chi connectivity index (χ0n) is 77.3. The summed E-state index contributed by atoms with van der Waals surface area (Å²) < 4.78 is 47.6. The van der Waals surface area contributed by atoms with Crippen molar-refractivity contribution >= 4 is 180 Å². The number of rotatable bonds is 16. The van der Waals surface area contributed by atoms with E-state index in [-0.39, 0.29) is 65.9 Å². The second-order valence-electron chi connectivity index (χ2n) is 31.0. The van der Waals surface area contributed by atoms with Gasteiger partial charge in [-0.3, -0.25) is 48.6 Å². The van der Waals surface area contributed by atoms with E-state index >= 15 is 0 Å². The van der Waals surface area contributed by atoms with Gasteiger partial charge in [-0.2, -0.15) is 0 Å². The summed E-state index contributed by atoms with van der Waals surface area (Å²) in [4.78, 5) is 88.3. The first-order valence-electron chi connectivity index (χ1n) is 40.3. The number of benzene rings is 8. The summed E-state index contributed by atoms with van der Waals surface area (Å²) in [6.07, 6.45) is 3.56. The van der Waals surface area contributed by atoms with Crippen LogP contribution in [0, 0.1) is 75.5 Å². The van der Waals surface area contributed by atoms with Gasteiger partial charge in [0.15, 0.2) is 11.3 Å². The van der Waals surface area contributed by atoms with E-state index in [9.17, 15) is 39.9 Å². The maximum absolute atomic E-state index is 11.2. The van der Waals surface area contributed by atoms with Gasteiger partial charge < -0.3 is 71.3 Å². The number of nitrogen functional groups attached to an aromatic ring is 3. The second kappa shape index (κ2) is 50.0. The van der Waals surface area contributed by atoms with Crippen molar-refractivity contribution in [3.63, 3.8) is 0 Å². The van der Waals surface area contributed by atoms with E-state index in [1.807, 2.05) is 131 Å². The van der Waals surface area contributed by atoms with Gasteiger partial charge in [-0.1, -0.05) is 121 Å². The molecule has 0 saturated heterocycles. The standard InChI is InChI=1S/C21H17ClN4O3.C21H19ClN4O.C20H16ClN5O3.C12H7ClIN5O2.C10H18O5.C8H10BO3.CH4O.CH4.ClH.Fe.H3N/c1-12-7-8-14(9-17(12)29-3)19-18-13(2)23-11-24-21(18)25(20(19)22)15-5-4-6-16(10-15)26(27)28;1-12-7-8-14(9-17(12)27-3)19-18-13(2)24-11-25-21(18)26(20(19)22)16-6-4-5-15(23)10-16;1-11-6-7-12(8-15(11)29-2)16-17-19(22)23-10-24-20(17)25(18(16)21)13-4-3-5-14(9-13)26(27)28;13-10-9(14)8-11(15)16-5-17-12(8)18(10)6-2-1-3-7(4-6)19(20)21;1-9(2,3)14-7(11)13-8(12)15-10(4,5)6;1-6-3-4-7(12-9-10)5-8(6)11-2;1-2;;;;/h4-11H,1-3H3;4-11H,23H2,1-3H3;3-10H,1-2H3,(H2,22,23,24);1-5H,(H2,15,16,17);1-6H3;3-5,10H,1-2H3;2H,1H3;1H4;1H;;1H3. The maximum atomic E-state index is 11.2. The molecule has 0 fully saturated rings. The fraction of sp³-hybridized carbons (Fsp3) is 0.213. The average molecular weight is 2150 g/mol. The van der Waals surface area contributed by atoms with Gasteiger partial charge in [-0.15, -0.1) is 12.4 Å². The summed E-state index contributed by atoms with van der Waals surface area (Å²) >= 11 is 28.9. The van der Waals surface area contributed by atoms with Crippen molar-refractivity contribution in [2.45, 2.75) is 102 Å². The number of hydrogen-bond acceptors (Lipinski definition) is 30. The molecule has 0 aliphatic rings. The van der Waals surface area contributed by atoms with Crippen molar-refractivity contribution in [1.29, 1.82) is 0 Å². The summed E-state index contributed by atoms with van der Waals surface area (Å²) in [7, 11) is 8.11. The molecule has 37 nitrogen and oxygen atoms in total. The van der Waals surface area contributed by atoms with Crippen LogP contribution in [0.25, 0.3) is 100 Å². The summed E-state index contributed by atoms with van der Waals surface area (Å²) in [6, 6.07) is 49.1. The number of fused-ring (bicyclic) bond motifs is 4. The van der Waals surface area contributed by atoms with Crippen molar-refractivity contribution in [3.05, 3.63) is 283 Å². The van der Waals surface area contributed by atoms with Crippen LogP contribution >= 0.6 is 81.4 Å². The van der Waals surface area contributed by atoms with Crippen molar-refractivity contribution in [1.82, 2.24) is 64.3 Å². The van der Waals surface area contributed by atoms with Crippen LogP contribution in [0.2, 0.25) is 20.6 Å². The number of anilines is 3. The Morgan fingerprint density at radius 2 is 0.719 bits per heavy atom. The predicted octanol–water partition coefficient (Wildman–Crippen LogP) is 22.5. The molecule has 0 unspecified atom stereocenters. The van der Waals surface area contributed by atoms with E-state index < -0.39 is 38.3 Å². The molecular formula is C94H99BCl5FeIN19O18. The van der Waals surface area contributed by atoms with E-state index in [4.69, 9.17) is 107 Å². The molecule has 0 bridgehead atoms. The molecule has 0 aliphatic carbocycles. The first kappa shape index (κ1) is 114. The summed E-state index contributed by atoms with van der Waals surface area (Å²) in [5.41, 5.74) is 32.4. The van der Waals surface area contributed by atoms with Gasteiger partial charge in [0.1, 0.15) is 109 Å². The zero-order valence-corrected chi connectivity index (χ0v) is 84.4. The van der Waals surface area contributed by atoms with Gasteiger partial charge in [-0.05, 0) is 205 Å². The predicted molar refractivity (Wildman–Crippen MR) is 548 cm³/mol. The largest absolute Gasteiger partial charge is 0.569 e. The molecule has 139 heavy (non-hydrogen) atoms. The number of hydrogen-bond donors (Lipinski definition) is 6. The van der Waals surface area contributed by atoms with Crippen LogP contribution < -0.4 is 47.0 Å². The molecule has 0 spiro atoms. The van der Waals surface area contributed by atoms with E-state index in [1.54, 1.807) is 139 Å². The van der Waals surface area contributed by atoms with E-state index in [1.165, 1.54) is 55.4 Å². The number of carbonyl (C=O) groups excluding carboxylic acids is 2. The van der Waals surface area contributed by atoms with E-state index in [0.717, 1.165) is 108 Å². The van der Waals surface area contributed by atoms with Crippen molar-refractivity contribution < 1.29 is 89.4 Å². The van der Waals surface area contributed by atoms with Crippen LogP contribution in [0.5, 0.6) is 28.7 Å². The molecule has 16 aromatic rings. The third kappa shape index (κ3) is 26.8. The number of nitrogens with two attached hydrogens (primary N) is 3. The molecule has 0 saturated carbocycles. The molecule has 8 aromatic heterocycles. The third-order valence-corrected chi connectivity index (χ3v) is 22.6. The van der Waals surface area contributed by atoms with E-state index in [2.05, 4.69) is 67.2 Å². The monoisotopic (exact) mass is 2150 g/mol. The topological polar surface area (TPSA) is 514 Å². The SMILES string of the molecule is C.CC(C)(C)OC(=O)OC(=O)OC(C)(C)C.CO.COc1cc(-c2c(Cl)n(-c3cccc(N)c3)c3ncnc(C)c23)ccc1C.COc1cc(-c2c(Cl)n(-c3cccc([N+](=O)[O-])c3)c3ncnc(C)c23)ccc1C.COc1cc(-c2c(Cl)n(-c3cccc([N+](=O)[O-])c3)c3ncnc(N)c23)ccc1C.COc1cc(O[B]O)ccc1C.Cl.N.Nc1ncnc2c1c(I)c(Cl)n2-c1cccc([N+](=O)[O-])c1.[Fe]. The number of ether oxygens (including phenoxy) is 7. The molecular weight excluding hydrogens is 2050 g/mol. The van der Waals surface area contributed by atoms with Crippen molar-refractivity contribution in [3.8, 4) is 84.9 Å². The molecule has 1 radical (unpaired) electrons. The quantitative estimate of drug-likeness (QED) is 0.00995. The molecule has 0 atom stereocenters.